The summed E-state index contributed by atoms with van der Waals surface area (Å²) < 4.78 is 10.5. The van der Waals surface area contributed by atoms with Crippen LogP contribution in [0.4, 0.5) is 4.79 Å². The lowest BCUT2D eigenvalue weighted by molar-refractivity contribution is 0.233. The number of benzene rings is 1. The van der Waals surface area contributed by atoms with Gasteiger partial charge < -0.3 is 20.1 Å². The second kappa shape index (κ2) is 5.61. The molecule has 1 fully saturated rings. The molecule has 0 atom stereocenters. The minimum Gasteiger partial charge on any atom is -0.493 e. The van der Waals surface area contributed by atoms with Gasteiger partial charge in [0.15, 0.2) is 11.5 Å². The van der Waals surface area contributed by atoms with E-state index in [0.717, 1.165) is 18.4 Å². The first-order valence-electron chi connectivity index (χ1n) is 6.82. The van der Waals surface area contributed by atoms with E-state index in [1.54, 1.807) is 14.2 Å². The molecule has 0 saturated heterocycles. The van der Waals surface area contributed by atoms with Crippen LogP contribution in [0.1, 0.15) is 32.3 Å². The van der Waals surface area contributed by atoms with Crippen LogP contribution in [-0.4, -0.2) is 26.3 Å². The Hall–Kier alpha value is -1.91. The third-order valence-electron chi connectivity index (χ3n) is 3.46. The molecule has 5 heteroatoms. The van der Waals surface area contributed by atoms with Crippen molar-refractivity contribution in [2.45, 2.75) is 38.3 Å². The molecule has 1 aromatic carbocycles. The van der Waals surface area contributed by atoms with Gasteiger partial charge >= 0.3 is 6.03 Å². The number of ether oxygens (including phenoxy) is 2. The van der Waals surface area contributed by atoms with Gasteiger partial charge in [0.2, 0.25) is 0 Å². The molecule has 1 aliphatic carbocycles. The zero-order chi connectivity index (χ0) is 14.8. The Kier molecular flexibility index (Phi) is 4.06. The van der Waals surface area contributed by atoms with E-state index in [1.807, 2.05) is 32.0 Å². The van der Waals surface area contributed by atoms with Gasteiger partial charge in [0.05, 0.1) is 19.8 Å². The van der Waals surface area contributed by atoms with Crippen molar-refractivity contribution in [1.29, 1.82) is 0 Å². The van der Waals surface area contributed by atoms with Crippen molar-refractivity contribution in [2.75, 3.05) is 14.2 Å². The lowest BCUT2D eigenvalue weighted by Crippen LogP contribution is -2.44. The van der Waals surface area contributed by atoms with Crippen LogP contribution in [0.25, 0.3) is 0 Å². The molecule has 0 aromatic heterocycles. The number of methoxy groups -OCH3 is 2. The summed E-state index contributed by atoms with van der Waals surface area (Å²) in [7, 11) is 3.22. The van der Waals surface area contributed by atoms with Crippen LogP contribution < -0.4 is 20.1 Å². The molecular weight excluding hydrogens is 256 g/mol. The lowest BCUT2D eigenvalue weighted by atomic mass is 10.0. The topological polar surface area (TPSA) is 59.6 Å². The summed E-state index contributed by atoms with van der Waals surface area (Å²) in [6, 6.07) is 5.77. The van der Waals surface area contributed by atoms with Gasteiger partial charge in [-0.25, -0.2) is 4.79 Å². The molecule has 110 valence electrons. The first-order chi connectivity index (χ1) is 9.50. The Morgan fingerprint density at radius 3 is 2.35 bits per heavy atom. The Balaban J connectivity index is 2.16. The van der Waals surface area contributed by atoms with Crippen molar-refractivity contribution in [2.24, 2.45) is 0 Å². The summed E-state index contributed by atoms with van der Waals surface area (Å²) in [5.41, 5.74) is 0.785. The summed E-state index contributed by atoms with van der Waals surface area (Å²) >= 11 is 0. The van der Waals surface area contributed by atoms with E-state index in [2.05, 4.69) is 10.6 Å². The highest BCUT2D eigenvalue weighted by atomic mass is 16.5. The maximum absolute atomic E-state index is 11.9. The highest BCUT2D eigenvalue weighted by Gasteiger charge is 2.46. The van der Waals surface area contributed by atoms with E-state index in [0.29, 0.717) is 11.5 Å². The molecule has 0 bridgehead atoms. The average Bonchev–Trinajstić information content (AvgIpc) is 3.17. The quantitative estimate of drug-likeness (QED) is 0.869. The zero-order valence-corrected chi connectivity index (χ0v) is 12.4. The molecule has 2 N–H and O–H groups in total. The maximum Gasteiger partial charge on any atom is 0.315 e. The third kappa shape index (κ3) is 2.98. The number of nitrogens with one attached hydrogen (secondary N) is 2. The van der Waals surface area contributed by atoms with Crippen LogP contribution in [0, 0.1) is 0 Å². The minimum absolute atomic E-state index is 0.121. The zero-order valence-electron chi connectivity index (χ0n) is 12.4. The maximum atomic E-state index is 11.9. The Morgan fingerprint density at radius 1 is 1.20 bits per heavy atom. The number of urea groups is 1. The number of hydrogen-bond acceptors (Lipinski definition) is 3. The summed E-state index contributed by atoms with van der Waals surface area (Å²) in [6.45, 7) is 3.88. The molecular formula is C15H22N2O3. The lowest BCUT2D eigenvalue weighted by Gasteiger charge is -2.20. The van der Waals surface area contributed by atoms with Gasteiger partial charge in [0.25, 0.3) is 0 Å². The Labute approximate surface area is 119 Å². The predicted octanol–water partition coefficient (Wildman–Crippen LogP) is 2.40. The molecule has 20 heavy (non-hydrogen) atoms. The van der Waals surface area contributed by atoms with Gasteiger partial charge in [-0.3, -0.25) is 0 Å². The fourth-order valence-corrected chi connectivity index (χ4v) is 2.26. The smallest absolute Gasteiger partial charge is 0.315 e. The molecule has 0 spiro atoms. The van der Waals surface area contributed by atoms with Crippen LogP contribution in [0.5, 0.6) is 11.5 Å². The van der Waals surface area contributed by atoms with Gasteiger partial charge in [0.1, 0.15) is 0 Å². The van der Waals surface area contributed by atoms with Crippen molar-refractivity contribution >= 4 is 6.03 Å². The molecule has 1 saturated carbocycles. The van der Waals surface area contributed by atoms with Crippen molar-refractivity contribution in [3.05, 3.63) is 23.8 Å². The summed E-state index contributed by atoms with van der Waals surface area (Å²) in [4.78, 5) is 11.9. The van der Waals surface area contributed by atoms with Gasteiger partial charge in [0, 0.05) is 6.04 Å². The second-order valence-electron chi connectivity index (χ2n) is 5.41. The first kappa shape index (κ1) is 14.5. The summed E-state index contributed by atoms with van der Waals surface area (Å²) in [6.07, 6.45) is 1.88. The first-order valence-corrected chi connectivity index (χ1v) is 6.82. The summed E-state index contributed by atoms with van der Waals surface area (Å²) in [5.74, 6) is 1.38. The van der Waals surface area contributed by atoms with Crippen molar-refractivity contribution < 1.29 is 14.3 Å². The molecule has 0 heterocycles. The number of amides is 2. The summed E-state index contributed by atoms with van der Waals surface area (Å²) in [5, 5.41) is 5.91. The molecule has 0 aliphatic heterocycles. The van der Waals surface area contributed by atoms with Crippen LogP contribution in [0.15, 0.2) is 18.2 Å². The predicted molar refractivity (Wildman–Crippen MR) is 77.3 cm³/mol. The van der Waals surface area contributed by atoms with E-state index >= 15 is 0 Å². The van der Waals surface area contributed by atoms with Crippen molar-refractivity contribution in [3.63, 3.8) is 0 Å². The van der Waals surface area contributed by atoms with Crippen LogP contribution >= 0.6 is 0 Å². The molecule has 0 unspecified atom stereocenters. The van der Waals surface area contributed by atoms with Crippen molar-refractivity contribution in [3.8, 4) is 11.5 Å². The molecule has 5 nitrogen and oxygen atoms in total. The van der Waals surface area contributed by atoms with Crippen LogP contribution in [-0.2, 0) is 5.54 Å². The monoisotopic (exact) mass is 278 g/mol. The Bertz CT molecular complexity index is 496. The fraction of sp³-hybridized carbons (Fsp3) is 0.533. The number of carbonyl (C=O) groups excluding carboxylic acids is 1. The van der Waals surface area contributed by atoms with E-state index in [-0.39, 0.29) is 17.6 Å². The highest BCUT2D eigenvalue weighted by molar-refractivity contribution is 5.76. The molecule has 2 rings (SSSR count). The van der Waals surface area contributed by atoms with E-state index in [1.165, 1.54) is 0 Å². The highest BCUT2D eigenvalue weighted by Crippen LogP contribution is 2.47. The molecule has 0 radical (unpaired) electrons. The minimum atomic E-state index is -0.265. The fourth-order valence-electron chi connectivity index (χ4n) is 2.26. The standard InChI is InChI=1S/C15H22N2O3/c1-10(2)16-14(18)17-15(7-8-15)11-5-6-12(19-3)13(9-11)20-4/h5-6,9-10H,7-8H2,1-4H3,(H2,16,17,18). The Morgan fingerprint density at radius 2 is 1.85 bits per heavy atom. The van der Waals surface area contributed by atoms with Crippen molar-refractivity contribution in [1.82, 2.24) is 10.6 Å². The van der Waals surface area contributed by atoms with Crippen LogP contribution in [0.2, 0.25) is 0 Å². The van der Waals surface area contributed by atoms with Gasteiger partial charge in [-0.05, 0) is 44.4 Å². The van der Waals surface area contributed by atoms with Gasteiger partial charge in [-0.2, -0.15) is 0 Å². The van der Waals surface area contributed by atoms with Gasteiger partial charge in [-0.15, -0.1) is 0 Å². The largest absolute Gasteiger partial charge is 0.493 e. The van der Waals surface area contributed by atoms with E-state index < -0.39 is 0 Å². The SMILES string of the molecule is COc1ccc(C2(NC(=O)NC(C)C)CC2)cc1OC. The number of carbonyl (C=O) groups is 1. The normalized spacial score (nSPS) is 15.7. The van der Waals surface area contributed by atoms with Gasteiger partial charge in [-0.1, -0.05) is 6.07 Å². The number of rotatable bonds is 5. The molecule has 1 aromatic rings. The van der Waals surface area contributed by atoms with Crippen LogP contribution in [0.3, 0.4) is 0 Å². The average molecular weight is 278 g/mol. The third-order valence-corrected chi connectivity index (χ3v) is 3.46. The number of hydrogen-bond donors (Lipinski definition) is 2. The molecule has 2 amide bonds. The molecule has 1 aliphatic rings. The second-order valence-corrected chi connectivity index (χ2v) is 5.41. The van der Waals surface area contributed by atoms with E-state index in [9.17, 15) is 4.79 Å². The van der Waals surface area contributed by atoms with E-state index in [4.69, 9.17) is 9.47 Å².